The van der Waals surface area contributed by atoms with Crippen LogP contribution in [0.4, 0.5) is 10.5 Å². The standard InChI is InChI=1S/C35H39N5O6S/c1-24-30(32(41)46-3)31(25-10-14-28(15-11-25)40(43)44)39(34(47)37-24)33(42)36-20-7-21-38-22-18-35(19-23-38,26-8-5-4-6-9-26)27-12-16-29(45-2)17-13-27/h4-6,8-17,31H,7,18-23H2,1-3H3,(H,36,42)(H,37,47). The predicted octanol–water partition coefficient (Wildman–Crippen LogP) is 5.46. The van der Waals surface area contributed by atoms with Gasteiger partial charge in [0.05, 0.1) is 24.7 Å². The lowest BCUT2D eigenvalue weighted by Gasteiger charge is -2.43. The van der Waals surface area contributed by atoms with Gasteiger partial charge in [0.2, 0.25) is 0 Å². The number of carbonyl (C=O) groups is 2. The highest BCUT2D eigenvalue weighted by Crippen LogP contribution is 2.42. The number of rotatable bonds is 10. The normalized spacial score (nSPS) is 17.9. The Balaban J connectivity index is 1.24. The largest absolute Gasteiger partial charge is 0.497 e. The van der Waals surface area contributed by atoms with Crippen LogP contribution in [0.1, 0.15) is 48.9 Å². The third-order valence-corrected chi connectivity index (χ3v) is 9.40. The first-order chi connectivity index (χ1) is 22.7. The Morgan fingerprint density at radius 1 is 1.00 bits per heavy atom. The molecule has 11 nitrogen and oxygen atoms in total. The quantitative estimate of drug-likeness (QED) is 0.0961. The summed E-state index contributed by atoms with van der Waals surface area (Å²) in [6.07, 6.45) is 2.63. The van der Waals surface area contributed by atoms with Gasteiger partial charge in [0.1, 0.15) is 11.8 Å². The summed E-state index contributed by atoms with van der Waals surface area (Å²) >= 11 is 5.54. The zero-order valence-corrected chi connectivity index (χ0v) is 27.5. The Morgan fingerprint density at radius 2 is 1.64 bits per heavy atom. The minimum absolute atomic E-state index is 0.0922. The van der Waals surface area contributed by atoms with Crippen LogP contribution in [0.15, 0.2) is 90.1 Å². The topological polar surface area (TPSA) is 126 Å². The van der Waals surface area contributed by atoms with E-state index in [1.807, 2.05) is 18.2 Å². The van der Waals surface area contributed by atoms with Crippen LogP contribution in [0, 0.1) is 10.1 Å². The van der Waals surface area contributed by atoms with E-state index in [-0.39, 0.29) is 21.8 Å². The average Bonchev–Trinajstić information content (AvgIpc) is 3.10. The average molecular weight is 658 g/mol. The van der Waals surface area contributed by atoms with E-state index in [9.17, 15) is 19.7 Å². The summed E-state index contributed by atoms with van der Waals surface area (Å²) < 4.78 is 10.4. The Labute approximate surface area is 279 Å². The van der Waals surface area contributed by atoms with Gasteiger partial charge in [-0.05, 0) is 99.0 Å². The van der Waals surface area contributed by atoms with Crippen molar-refractivity contribution in [3.63, 3.8) is 0 Å². The third-order valence-electron chi connectivity index (χ3n) is 9.10. The molecule has 0 aromatic heterocycles. The van der Waals surface area contributed by atoms with Gasteiger partial charge in [-0.2, -0.15) is 0 Å². The van der Waals surface area contributed by atoms with E-state index >= 15 is 0 Å². The number of urea groups is 1. The number of nitro groups is 1. The van der Waals surface area contributed by atoms with Crippen molar-refractivity contribution >= 4 is 35.0 Å². The monoisotopic (exact) mass is 657 g/mol. The van der Waals surface area contributed by atoms with E-state index in [0.717, 1.165) is 38.2 Å². The molecule has 5 rings (SSSR count). The molecule has 1 unspecified atom stereocenters. The summed E-state index contributed by atoms with van der Waals surface area (Å²) in [6, 6.07) is 23.3. The second-order valence-corrected chi connectivity index (χ2v) is 12.1. The molecule has 2 heterocycles. The number of likely N-dealkylation sites (tertiary alicyclic amines) is 1. The Morgan fingerprint density at radius 3 is 2.23 bits per heavy atom. The van der Waals surface area contributed by atoms with E-state index in [1.165, 1.54) is 47.4 Å². The van der Waals surface area contributed by atoms with Gasteiger partial charge in [0.25, 0.3) is 5.69 Å². The fourth-order valence-electron chi connectivity index (χ4n) is 6.57. The Bertz CT molecular complexity index is 1640. The first kappa shape index (κ1) is 33.6. The van der Waals surface area contributed by atoms with E-state index in [0.29, 0.717) is 24.2 Å². The molecule has 2 aliphatic heterocycles. The van der Waals surface area contributed by atoms with Crippen LogP contribution in [-0.4, -0.2) is 72.2 Å². The lowest BCUT2D eigenvalue weighted by molar-refractivity contribution is -0.384. The molecule has 47 heavy (non-hydrogen) atoms. The van der Waals surface area contributed by atoms with Crippen molar-refractivity contribution in [2.75, 3.05) is 40.4 Å². The summed E-state index contributed by atoms with van der Waals surface area (Å²) in [5.74, 6) is 0.203. The number of thiocarbonyl (C=S) groups is 1. The fourth-order valence-corrected chi connectivity index (χ4v) is 6.91. The fraction of sp³-hybridized carbons (Fsp3) is 0.343. The second-order valence-electron chi connectivity index (χ2n) is 11.7. The number of ether oxygens (including phenoxy) is 2. The Hall–Kier alpha value is -4.81. The molecule has 2 N–H and O–H groups in total. The number of esters is 1. The molecule has 3 aromatic rings. The number of nitro benzene ring substituents is 1. The number of amides is 2. The van der Waals surface area contributed by atoms with E-state index in [1.54, 1.807) is 14.0 Å². The SMILES string of the molecule is COC(=O)C1=C(C)NC(=S)N(C(=O)NCCCN2CCC(c3ccccc3)(c3ccc(OC)cc3)CC2)C1c1ccc([N+](=O)[O-])cc1. The number of carbonyl (C=O) groups excluding carboxylic acids is 2. The number of piperidine rings is 1. The molecule has 0 spiro atoms. The van der Waals surface area contributed by atoms with Crippen LogP contribution in [-0.2, 0) is 14.9 Å². The molecule has 2 aliphatic rings. The molecule has 12 heteroatoms. The predicted molar refractivity (Wildman–Crippen MR) is 182 cm³/mol. The molecule has 246 valence electrons. The number of nitrogens with one attached hydrogen (secondary N) is 2. The van der Waals surface area contributed by atoms with Crippen molar-refractivity contribution in [2.45, 2.75) is 37.6 Å². The van der Waals surface area contributed by atoms with E-state index in [4.69, 9.17) is 21.7 Å². The highest BCUT2D eigenvalue weighted by atomic mass is 32.1. The maximum Gasteiger partial charge on any atom is 0.337 e. The molecule has 0 aliphatic carbocycles. The van der Waals surface area contributed by atoms with Gasteiger partial charge in [-0.3, -0.25) is 15.0 Å². The van der Waals surface area contributed by atoms with E-state index < -0.39 is 23.0 Å². The molecule has 1 atom stereocenters. The van der Waals surface area contributed by atoms with Gasteiger partial charge >= 0.3 is 12.0 Å². The van der Waals surface area contributed by atoms with Gasteiger partial charge in [-0.15, -0.1) is 0 Å². The summed E-state index contributed by atoms with van der Waals surface area (Å²) in [7, 11) is 2.93. The Kier molecular flexibility index (Phi) is 10.5. The summed E-state index contributed by atoms with van der Waals surface area (Å²) in [5, 5.41) is 17.3. The minimum atomic E-state index is -0.928. The van der Waals surface area contributed by atoms with Gasteiger partial charge in [0, 0.05) is 29.8 Å². The van der Waals surface area contributed by atoms with Crippen molar-refractivity contribution in [3.8, 4) is 5.75 Å². The zero-order valence-electron chi connectivity index (χ0n) is 26.7. The maximum absolute atomic E-state index is 13.6. The van der Waals surface area contributed by atoms with Crippen molar-refractivity contribution in [2.24, 2.45) is 0 Å². The van der Waals surface area contributed by atoms with Crippen molar-refractivity contribution in [1.29, 1.82) is 0 Å². The highest BCUT2D eigenvalue weighted by molar-refractivity contribution is 7.80. The zero-order chi connectivity index (χ0) is 33.6. The first-order valence-corrected chi connectivity index (χ1v) is 15.9. The molecule has 1 saturated heterocycles. The number of nitrogens with zero attached hydrogens (tertiary/aromatic N) is 3. The van der Waals surface area contributed by atoms with Gasteiger partial charge in [-0.25, -0.2) is 9.59 Å². The van der Waals surface area contributed by atoms with Gasteiger partial charge in [0.15, 0.2) is 5.11 Å². The molecule has 2 amide bonds. The highest BCUT2D eigenvalue weighted by Gasteiger charge is 2.41. The third kappa shape index (κ3) is 7.13. The molecule has 0 saturated carbocycles. The van der Waals surface area contributed by atoms with Crippen LogP contribution in [0.5, 0.6) is 5.75 Å². The molecular formula is C35H39N5O6S. The van der Waals surface area contributed by atoms with Crippen LogP contribution in [0.25, 0.3) is 0 Å². The van der Waals surface area contributed by atoms with Gasteiger partial charge < -0.3 is 25.0 Å². The van der Waals surface area contributed by atoms with Crippen molar-refractivity contribution in [1.82, 2.24) is 20.4 Å². The molecule has 0 bridgehead atoms. The number of hydrogen-bond donors (Lipinski definition) is 2. The lowest BCUT2D eigenvalue weighted by Crippen LogP contribution is -2.54. The van der Waals surface area contributed by atoms with Gasteiger partial charge in [-0.1, -0.05) is 42.5 Å². The molecular weight excluding hydrogens is 618 g/mol. The van der Waals surface area contributed by atoms with Crippen molar-refractivity contribution in [3.05, 3.63) is 117 Å². The number of allylic oxidation sites excluding steroid dienone is 1. The summed E-state index contributed by atoms with van der Waals surface area (Å²) in [6.45, 7) is 4.67. The molecule has 3 aromatic carbocycles. The summed E-state index contributed by atoms with van der Waals surface area (Å²) in [4.78, 5) is 40.9. The summed E-state index contributed by atoms with van der Waals surface area (Å²) in [5.41, 5.74) is 3.51. The number of hydrogen-bond acceptors (Lipinski definition) is 8. The number of methoxy groups -OCH3 is 2. The smallest absolute Gasteiger partial charge is 0.337 e. The van der Waals surface area contributed by atoms with Crippen LogP contribution in [0.2, 0.25) is 0 Å². The maximum atomic E-state index is 13.6. The van der Waals surface area contributed by atoms with E-state index in [2.05, 4.69) is 51.9 Å². The first-order valence-electron chi connectivity index (χ1n) is 15.5. The van der Waals surface area contributed by atoms with Crippen LogP contribution < -0.4 is 15.4 Å². The molecule has 0 radical (unpaired) electrons. The van der Waals surface area contributed by atoms with Crippen LogP contribution >= 0.6 is 12.2 Å². The molecule has 1 fully saturated rings. The number of non-ortho nitro benzene ring substituents is 1. The van der Waals surface area contributed by atoms with Crippen LogP contribution in [0.3, 0.4) is 0 Å². The second kappa shape index (κ2) is 14.7. The minimum Gasteiger partial charge on any atom is -0.497 e. The number of benzene rings is 3. The lowest BCUT2D eigenvalue weighted by atomic mass is 9.68. The van der Waals surface area contributed by atoms with Crippen molar-refractivity contribution < 1.29 is 24.0 Å².